The van der Waals surface area contributed by atoms with E-state index in [4.69, 9.17) is 32.9 Å². The lowest BCUT2D eigenvalue weighted by atomic mass is 9.96. The molecule has 0 bridgehead atoms. The fourth-order valence-corrected chi connectivity index (χ4v) is 6.00. The number of furan rings is 1. The first-order valence-electron chi connectivity index (χ1n) is 12.3. The van der Waals surface area contributed by atoms with E-state index in [1.54, 1.807) is 53.1 Å². The highest BCUT2D eigenvalue weighted by molar-refractivity contribution is 7.12. The summed E-state index contributed by atoms with van der Waals surface area (Å²) in [5.74, 6) is -2.09. The van der Waals surface area contributed by atoms with Crippen LogP contribution in [0.25, 0.3) is 11.0 Å². The van der Waals surface area contributed by atoms with Gasteiger partial charge >= 0.3 is 5.97 Å². The van der Waals surface area contributed by atoms with Gasteiger partial charge < -0.3 is 19.7 Å². The summed E-state index contributed by atoms with van der Waals surface area (Å²) in [5.41, 5.74) is 2.40. The van der Waals surface area contributed by atoms with E-state index in [0.29, 0.717) is 40.1 Å². The van der Waals surface area contributed by atoms with Crippen molar-refractivity contribution in [2.24, 2.45) is 4.99 Å². The van der Waals surface area contributed by atoms with Crippen molar-refractivity contribution in [3.8, 4) is 6.19 Å². The minimum absolute atomic E-state index is 0.0237. The van der Waals surface area contributed by atoms with Gasteiger partial charge in [0.05, 0.1) is 33.3 Å². The lowest BCUT2D eigenvalue weighted by Gasteiger charge is -2.30. The van der Waals surface area contributed by atoms with E-state index in [1.807, 2.05) is 12.1 Å². The van der Waals surface area contributed by atoms with Gasteiger partial charge in [0.25, 0.3) is 11.8 Å². The van der Waals surface area contributed by atoms with Crippen molar-refractivity contribution in [3.63, 3.8) is 0 Å². The number of nitrogens with zero attached hydrogens (tertiary/aromatic N) is 3. The van der Waals surface area contributed by atoms with Gasteiger partial charge in [0.1, 0.15) is 11.6 Å². The van der Waals surface area contributed by atoms with Crippen LogP contribution in [-0.2, 0) is 17.8 Å². The maximum atomic E-state index is 13.2. The number of carboxylic acids is 1. The van der Waals surface area contributed by atoms with Crippen LogP contribution in [0.1, 0.15) is 36.7 Å². The molecule has 2 aromatic heterocycles. The van der Waals surface area contributed by atoms with Crippen LogP contribution < -0.4 is 10.6 Å². The molecule has 0 radical (unpaired) electrons. The molecule has 0 fully saturated rings. The molecule has 1 atom stereocenters. The molecule has 3 heterocycles. The summed E-state index contributed by atoms with van der Waals surface area (Å²) in [6.07, 6.45) is 3.71. The van der Waals surface area contributed by atoms with Gasteiger partial charge in [0, 0.05) is 24.0 Å². The van der Waals surface area contributed by atoms with Gasteiger partial charge in [-0.1, -0.05) is 35.3 Å². The summed E-state index contributed by atoms with van der Waals surface area (Å²) in [5, 5.41) is 26.4. The maximum Gasteiger partial charge on any atom is 0.328 e. The summed E-state index contributed by atoms with van der Waals surface area (Å²) < 4.78 is 5.41. The van der Waals surface area contributed by atoms with Crippen LogP contribution in [0.15, 0.2) is 63.5 Å². The zero-order valence-corrected chi connectivity index (χ0v) is 23.5. The monoisotopic (exact) mass is 609 g/mol. The fourth-order valence-electron chi connectivity index (χ4n) is 4.55. The molecule has 10 nitrogen and oxygen atoms in total. The Bertz CT molecular complexity index is 1730. The van der Waals surface area contributed by atoms with E-state index in [0.717, 1.165) is 5.39 Å². The second kappa shape index (κ2) is 12.0. The largest absolute Gasteiger partial charge is 0.480 e. The summed E-state index contributed by atoms with van der Waals surface area (Å²) in [7, 11) is 0. The summed E-state index contributed by atoms with van der Waals surface area (Å²) in [6, 6.07) is 10.7. The van der Waals surface area contributed by atoms with Crippen LogP contribution in [0.2, 0.25) is 10.0 Å². The Morgan fingerprint density at radius 3 is 2.78 bits per heavy atom. The van der Waals surface area contributed by atoms with Gasteiger partial charge in [-0.15, -0.1) is 11.3 Å². The molecular formula is C28H21Cl2N5O5S. The molecule has 0 unspecified atom stereocenters. The summed E-state index contributed by atoms with van der Waals surface area (Å²) in [6.45, 7) is 0.244. The first kappa shape index (κ1) is 28.2. The minimum Gasteiger partial charge on any atom is -0.480 e. The highest BCUT2D eigenvalue weighted by atomic mass is 35.5. The Labute approximate surface area is 247 Å². The third-order valence-electron chi connectivity index (χ3n) is 6.59. The first-order chi connectivity index (χ1) is 19.8. The predicted molar refractivity (Wildman–Crippen MR) is 154 cm³/mol. The van der Waals surface area contributed by atoms with E-state index in [1.165, 1.54) is 11.3 Å². The van der Waals surface area contributed by atoms with Crippen molar-refractivity contribution in [2.75, 3.05) is 13.1 Å². The number of benzene rings is 2. The van der Waals surface area contributed by atoms with Crippen molar-refractivity contribution in [1.29, 1.82) is 5.26 Å². The van der Waals surface area contributed by atoms with Crippen molar-refractivity contribution in [2.45, 2.75) is 19.0 Å². The molecule has 3 N–H and O–H groups in total. The number of carbonyl (C=O) groups excluding carboxylic acids is 2. The predicted octanol–water partition coefficient (Wildman–Crippen LogP) is 4.70. The number of rotatable bonds is 7. The van der Waals surface area contributed by atoms with Crippen molar-refractivity contribution < 1.29 is 23.9 Å². The first-order valence-corrected chi connectivity index (χ1v) is 13.9. The van der Waals surface area contributed by atoms with Crippen LogP contribution in [0.4, 0.5) is 0 Å². The SMILES string of the molecule is N#CNC(=NC[C@H](NC(=O)c1c(Cl)cc2c(c1Cl)CCN(C(=O)c1ccc3ccoc3c1)C2)C(=O)O)c1cccs1. The average Bonchev–Trinajstić information content (AvgIpc) is 3.66. The number of carboxylic acid groups (broad SMARTS) is 1. The third kappa shape index (κ3) is 5.90. The summed E-state index contributed by atoms with van der Waals surface area (Å²) in [4.78, 5) is 44.8. The quantitative estimate of drug-likeness (QED) is 0.119. The van der Waals surface area contributed by atoms with E-state index in [2.05, 4.69) is 15.6 Å². The molecule has 5 rings (SSSR count). The minimum atomic E-state index is -1.42. The molecule has 0 aliphatic carbocycles. The zero-order valence-electron chi connectivity index (χ0n) is 21.2. The zero-order chi connectivity index (χ0) is 29.1. The number of hydrogen-bond donors (Lipinski definition) is 3. The number of amides is 2. The molecule has 1 aliphatic heterocycles. The van der Waals surface area contributed by atoms with Crippen LogP contribution in [0, 0.1) is 11.5 Å². The normalized spacial score (nSPS) is 13.8. The topological polar surface area (TPSA) is 148 Å². The Morgan fingerprint density at radius 1 is 1.22 bits per heavy atom. The second-order valence-corrected chi connectivity index (χ2v) is 10.8. The smallest absolute Gasteiger partial charge is 0.328 e. The van der Waals surface area contributed by atoms with E-state index in [9.17, 15) is 19.5 Å². The van der Waals surface area contributed by atoms with Gasteiger partial charge in [0.2, 0.25) is 0 Å². The maximum absolute atomic E-state index is 13.2. The van der Waals surface area contributed by atoms with Crippen molar-refractivity contribution in [3.05, 3.63) is 91.3 Å². The van der Waals surface area contributed by atoms with E-state index < -0.39 is 17.9 Å². The number of aliphatic imine (C=N–C) groups is 1. The summed E-state index contributed by atoms with van der Waals surface area (Å²) >= 11 is 14.4. The van der Waals surface area contributed by atoms with Gasteiger partial charge in [0.15, 0.2) is 12.0 Å². The molecule has 208 valence electrons. The Kier molecular flexibility index (Phi) is 8.26. The van der Waals surface area contributed by atoms with Gasteiger partial charge in [-0.05, 0) is 53.3 Å². The number of aliphatic carboxylic acids is 1. The molecule has 13 heteroatoms. The Morgan fingerprint density at radius 2 is 2.05 bits per heavy atom. The molecule has 41 heavy (non-hydrogen) atoms. The van der Waals surface area contributed by atoms with Crippen molar-refractivity contribution in [1.82, 2.24) is 15.5 Å². The molecule has 2 amide bonds. The average molecular weight is 610 g/mol. The molecule has 0 spiro atoms. The van der Waals surface area contributed by atoms with Crippen LogP contribution >= 0.6 is 34.5 Å². The number of fused-ring (bicyclic) bond motifs is 2. The highest BCUT2D eigenvalue weighted by Gasteiger charge is 2.30. The van der Waals surface area contributed by atoms with E-state index in [-0.39, 0.29) is 40.4 Å². The number of carbonyl (C=O) groups is 3. The lowest BCUT2D eigenvalue weighted by Crippen LogP contribution is -2.43. The standard InChI is InChI=1S/C28H21Cl2N5O5S/c29-19-10-17-13-35(27(37)16-4-3-15-6-8-40-21(15)11-16)7-5-18(17)24(30)23(19)26(36)34-20(28(38)39)12-32-25(33-14-31)22-2-1-9-41-22/h1-4,6,8-11,20H,5,7,12-13H2,(H,32,33)(H,34,36)(H,38,39)/t20-/m0/s1. The number of hydrogen-bond acceptors (Lipinski definition) is 7. The molecule has 2 aromatic carbocycles. The highest BCUT2D eigenvalue weighted by Crippen LogP contribution is 2.35. The number of halogens is 2. The number of amidine groups is 1. The Hall–Kier alpha value is -4.37. The van der Waals surface area contributed by atoms with E-state index >= 15 is 0 Å². The van der Waals surface area contributed by atoms with Gasteiger partial charge in [-0.2, -0.15) is 5.26 Å². The van der Waals surface area contributed by atoms with Crippen LogP contribution in [-0.4, -0.2) is 52.8 Å². The second-order valence-electron chi connectivity index (χ2n) is 9.10. The molecular weight excluding hydrogens is 589 g/mol. The fraction of sp³-hybridized carbons (Fsp3) is 0.179. The lowest BCUT2D eigenvalue weighted by molar-refractivity contribution is -0.138. The van der Waals surface area contributed by atoms with Gasteiger partial charge in [-0.3, -0.25) is 19.9 Å². The molecule has 0 saturated carbocycles. The molecule has 4 aromatic rings. The number of nitriles is 1. The number of nitrogens with one attached hydrogen (secondary N) is 2. The number of thiophene rings is 1. The van der Waals surface area contributed by atoms with Crippen molar-refractivity contribution >= 4 is 69.1 Å². The molecule has 1 aliphatic rings. The van der Waals surface area contributed by atoms with Crippen LogP contribution in [0.3, 0.4) is 0 Å². The van der Waals surface area contributed by atoms with Gasteiger partial charge in [-0.25, -0.2) is 4.79 Å². The van der Waals surface area contributed by atoms with Crippen LogP contribution in [0.5, 0.6) is 0 Å². The Balaban J connectivity index is 1.33. The third-order valence-corrected chi connectivity index (χ3v) is 8.18. The molecule has 0 saturated heterocycles.